The van der Waals surface area contributed by atoms with Gasteiger partial charge in [-0.25, -0.2) is 4.98 Å². The summed E-state index contributed by atoms with van der Waals surface area (Å²) in [5.41, 5.74) is 0.798. The number of fused-ring (bicyclic) bond motifs is 1. The first kappa shape index (κ1) is 13.5. The Morgan fingerprint density at radius 3 is 2.81 bits per heavy atom. The van der Waals surface area contributed by atoms with Crippen LogP contribution < -0.4 is 10.3 Å². The maximum Gasteiger partial charge on any atom is 0.259 e. The Labute approximate surface area is 124 Å². The Bertz CT molecular complexity index is 890. The number of H-pyrrole nitrogens is 1. The number of methoxy groups -OCH3 is 1. The van der Waals surface area contributed by atoms with E-state index in [1.165, 1.54) is 19.2 Å². The SMILES string of the molecule is COc1cc(-c2nc3ccccc3c(=O)[nH]2)c(Cl)cc1O. The number of hydrogen-bond donors (Lipinski definition) is 2. The van der Waals surface area contributed by atoms with Gasteiger partial charge in [-0.1, -0.05) is 23.7 Å². The second-order valence-electron chi connectivity index (χ2n) is 4.44. The van der Waals surface area contributed by atoms with E-state index >= 15 is 0 Å². The van der Waals surface area contributed by atoms with Crippen molar-refractivity contribution in [3.63, 3.8) is 0 Å². The topological polar surface area (TPSA) is 75.2 Å². The van der Waals surface area contributed by atoms with Crippen LogP contribution in [-0.2, 0) is 0 Å². The van der Waals surface area contributed by atoms with Crippen LogP contribution in [-0.4, -0.2) is 22.2 Å². The van der Waals surface area contributed by atoms with Crippen molar-refractivity contribution in [1.82, 2.24) is 9.97 Å². The standard InChI is InChI=1S/C15H11ClN2O3/c1-21-13-6-9(10(16)7-12(13)19)14-17-11-5-3-2-4-8(11)15(20)18-14/h2-7,19H,1H3,(H,17,18,20). The molecule has 0 aliphatic carbocycles. The summed E-state index contributed by atoms with van der Waals surface area (Å²) in [6, 6.07) is 9.91. The normalized spacial score (nSPS) is 10.8. The van der Waals surface area contributed by atoms with Gasteiger partial charge >= 0.3 is 0 Å². The summed E-state index contributed by atoms with van der Waals surface area (Å²) in [7, 11) is 1.43. The van der Waals surface area contributed by atoms with Crippen molar-refractivity contribution in [2.75, 3.05) is 7.11 Å². The molecule has 0 atom stereocenters. The lowest BCUT2D eigenvalue weighted by atomic mass is 10.1. The molecule has 1 aromatic heterocycles. The molecule has 0 saturated carbocycles. The molecule has 0 aliphatic heterocycles. The molecular formula is C15H11ClN2O3. The molecule has 0 saturated heterocycles. The third-order valence-electron chi connectivity index (χ3n) is 3.14. The van der Waals surface area contributed by atoms with Gasteiger partial charge in [0.15, 0.2) is 11.5 Å². The minimum Gasteiger partial charge on any atom is -0.504 e. The fourth-order valence-electron chi connectivity index (χ4n) is 2.10. The molecule has 0 fully saturated rings. The molecule has 0 aliphatic rings. The Kier molecular flexibility index (Phi) is 3.27. The molecule has 3 aromatic rings. The number of para-hydroxylation sites is 1. The Morgan fingerprint density at radius 2 is 2.05 bits per heavy atom. The number of halogens is 1. The number of nitrogens with one attached hydrogen (secondary N) is 1. The summed E-state index contributed by atoms with van der Waals surface area (Å²) in [4.78, 5) is 19.2. The molecule has 0 amide bonds. The van der Waals surface area contributed by atoms with E-state index in [4.69, 9.17) is 16.3 Å². The average Bonchev–Trinajstić information content (AvgIpc) is 2.47. The van der Waals surface area contributed by atoms with Gasteiger partial charge in [-0.15, -0.1) is 0 Å². The molecule has 5 nitrogen and oxygen atoms in total. The third-order valence-corrected chi connectivity index (χ3v) is 3.45. The molecule has 0 unspecified atom stereocenters. The van der Waals surface area contributed by atoms with Crippen LogP contribution in [0.5, 0.6) is 11.5 Å². The smallest absolute Gasteiger partial charge is 0.259 e. The van der Waals surface area contributed by atoms with Gasteiger partial charge in [0.05, 0.1) is 23.0 Å². The maximum absolute atomic E-state index is 12.1. The number of hydrogen-bond acceptors (Lipinski definition) is 4. The predicted octanol–water partition coefficient (Wildman–Crippen LogP) is 2.96. The summed E-state index contributed by atoms with van der Waals surface area (Å²) in [5.74, 6) is 0.501. The molecule has 106 valence electrons. The Hall–Kier alpha value is -2.53. The molecule has 2 aromatic carbocycles. The highest BCUT2D eigenvalue weighted by atomic mass is 35.5. The van der Waals surface area contributed by atoms with E-state index in [9.17, 15) is 9.90 Å². The van der Waals surface area contributed by atoms with Crippen molar-refractivity contribution in [2.45, 2.75) is 0 Å². The van der Waals surface area contributed by atoms with Gasteiger partial charge in [-0.05, 0) is 18.2 Å². The van der Waals surface area contributed by atoms with Crippen molar-refractivity contribution in [2.24, 2.45) is 0 Å². The average molecular weight is 303 g/mol. The Balaban J connectivity index is 2.28. The van der Waals surface area contributed by atoms with Gasteiger partial charge in [-0.3, -0.25) is 4.79 Å². The van der Waals surface area contributed by atoms with Crippen LogP contribution in [0.4, 0.5) is 0 Å². The van der Waals surface area contributed by atoms with Crippen molar-refractivity contribution >= 4 is 22.5 Å². The number of ether oxygens (including phenoxy) is 1. The van der Waals surface area contributed by atoms with E-state index < -0.39 is 0 Å². The number of phenols is 1. The number of aromatic nitrogens is 2. The largest absolute Gasteiger partial charge is 0.504 e. The van der Waals surface area contributed by atoms with Crippen molar-refractivity contribution in [3.8, 4) is 22.9 Å². The van der Waals surface area contributed by atoms with E-state index in [1.54, 1.807) is 24.3 Å². The highest BCUT2D eigenvalue weighted by Gasteiger charge is 2.13. The van der Waals surface area contributed by atoms with Gasteiger partial charge in [-0.2, -0.15) is 0 Å². The quantitative estimate of drug-likeness (QED) is 0.763. The number of nitrogens with zero attached hydrogens (tertiary/aromatic N) is 1. The van der Waals surface area contributed by atoms with Crippen molar-refractivity contribution in [3.05, 3.63) is 51.8 Å². The van der Waals surface area contributed by atoms with E-state index in [-0.39, 0.29) is 22.1 Å². The highest BCUT2D eigenvalue weighted by molar-refractivity contribution is 6.33. The van der Waals surface area contributed by atoms with Crippen molar-refractivity contribution < 1.29 is 9.84 Å². The lowest BCUT2D eigenvalue weighted by Crippen LogP contribution is -2.09. The van der Waals surface area contributed by atoms with Crippen LogP contribution in [0.15, 0.2) is 41.2 Å². The molecule has 0 bridgehead atoms. The molecule has 3 rings (SSSR count). The van der Waals surface area contributed by atoms with Crippen LogP contribution >= 0.6 is 11.6 Å². The van der Waals surface area contributed by atoms with Crippen LogP contribution in [0.1, 0.15) is 0 Å². The third kappa shape index (κ3) is 2.32. The summed E-state index contributed by atoms with van der Waals surface area (Å²) >= 11 is 6.12. The minimum atomic E-state index is -0.251. The van der Waals surface area contributed by atoms with Gasteiger partial charge in [0.1, 0.15) is 5.82 Å². The van der Waals surface area contributed by atoms with E-state index in [0.29, 0.717) is 22.3 Å². The highest BCUT2D eigenvalue weighted by Crippen LogP contribution is 2.36. The van der Waals surface area contributed by atoms with E-state index in [0.717, 1.165) is 0 Å². The molecular weight excluding hydrogens is 292 g/mol. The molecule has 6 heteroatoms. The zero-order chi connectivity index (χ0) is 15.0. The van der Waals surface area contributed by atoms with Gasteiger partial charge in [0.2, 0.25) is 0 Å². The monoisotopic (exact) mass is 302 g/mol. The predicted molar refractivity (Wildman–Crippen MR) is 81.0 cm³/mol. The first-order valence-electron chi connectivity index (χ1n) is 6.16. The number of aromatic hydroxyl groups is 1. The van der Waals surface area contributed by atoms with E-state index in [2.05, 4.69) is 9.97 Å². The molecule has 21 heavy (non-hydrogen) atoms. The molecule has 0 spiro atoms. The van der Waals surface area contributed by atoms with Gasteiger partial charge < -0.3 is 14.8 Å². The number of benzene rings is 2. The zero-order valence-corrected chi connectivity index (χ0v) is 11.8. The van der Waals surface area contributed by atoms with Gasteiger partial charge in [0.25, 0.3) is 5.56 Å². The van der Waals surface area contributed by atoms with Crippen LogP contribution in [0.2, 0.25) is 5.02 Å². The second kappa shape index (κ2) is 5.10. The summed E-state index contributed by atoms with van der Waals surface area (Å²) in [6.07, 6.45) is 0. The number of rotatable bonds is 2. The summed E-state index contributed by atoms with van der Waals surface area (Å²) < 4.78 is 5.05. The number of aromatic amines is 1. The number of phenolic OH excluding ortho intramolecular Hbond substituents is 1. The minimum absolute atomic E-state index is 0.0746. The molecule has 2 N–H and O–H groups in total. The fraction of sp³-hybridized carbons (Fsp3) is 0.0667. The Morgan fingerprint density at radius 1 is 1.29 bits per heavy atom. The van der Waals surface area contributed by atoms with Crippen LogP contribution in [0.3, 0.4) is 0 Å². The van der Waals surface area contributed by atoms with Gasteiger partial charge in [0, 0.05) is 11.6 Å². The van der Waals surface area contributed by atoms with Crippen molar-refractivity contribution in [1.29, 1.82) is 0 Å². The van der Waals surface area contributed by atoms with E-state index in [1.807, 2.05) is 0 Å². The van der Waals surface area contributed by atoms with Crippen LogP contribution in [0, 0.1) is 0 Å². The first-order valence-corrected chi connectivity index (χ1v) is 6.54. The second-order valence-corrected chi connectivity index (χ2v) is 4.84. The first-order chi connectivity index (χ1) is 10.1. The van der Waals surface area contributed by atoms with Crippen LogP contribution in [0.25, 0.3) is 22.3 Å². The summed E-state index contributed by atoms with van der Waals surface area (Å²) in [6.45, 7) is 0. The molecule has 0 radical (unpaired) electrons. The lowest BCUT2D eigenvalue weighted by molar-refractivity contribution is 0.373. The zero-order valence-electron chi connectivity index (χ0n) is 11.1. The lowest BCUT2D eigenvalue weighted by Gasteiger charge is -2.09. The fourth-order valence-corrected chi connectivity index (χ4v) is 2.35. The summed E-state index contributed by atoms with van der Waals surface area (Å²) in [5, 5.41) is 10.5. The maximum atomic E-state index is 12.1. The molecule has 1 heterocycles.